The Balaban J connectivity index is 2.42. The van der Waals surface area contributed by atoms with Gasteiger partial charge in [0.25, 0.3) is 0 Å². The van der Waals surface area contributed by atoms with Gasteiger partial charge < -0.3 is 5.32 Å². The van der Waals surface area contributed by atoms with Gasteiger partial charge in [0.2, 0.25) is 0 Å². The molecule has 0 aliphatic carbocycles. The molecule has 2 aromatic carbocycles. The van der Waals surface area contributed by atoms with E-state index >= 15 is 0 Å². The lowest BCUT2D eigenvalue weighted by Gasteiger charge is -2.26. The number of hydrogen-bond donors (Lipinski definition) is 1. The van der Waals surface area contributed by atoms with Crippen molar-refractivity contribution in [2.24, 2.45) is 0 Å². The van der Waals surface area contributed by atoms with Crippen molar-refractivity contribution < 1.29 is 8.78 Å². The highest BCUT2D eigenvalue weighted by atomic mass is 19.1. The highest BCUT2D eigenvalue weighted by Gasteiger charge is 2.23. The van der Waals surface area contributed by atoms with E-state index in [-0.39, 0.29) is 12.0 Å². The van der Waals surface area contributed by atoms with E-state index in [9.17, 15) is 8.78 Å². The van der Waals surface area contributed by atoms with Crippen LogP contribution >= 0.6 is 0 Å². The highest BCUT2D eigenvalue weighted by molar-refractivity contribution is 5.32. The molecule has 0 heterocycles. The Kier molecular flexibility index (Phi) is 5.07. The van der Waals surface area contributed by atoms with Crippen LogP contribution in [0.5, 0.6) is 0 Å². The molecule has 112 valence electrons. The third-order valence-electron chi connectivity index (χ3n) is 3.86. The second-order valence-corrected chi connectivity index (χ2v) is 5.36. The lowest BCUT2D eigenvalue weighted by Crippen LogP contribution is -2.27. The summed E-state index contributed by atoms with van der Waals surface area (Å²) in [5.41, 5.74) is 2.12. The van der Waals surface area contributed by atoms with Crippen LogP contribution in [0.15, 0.2) is 42.5 Å². The Hall–Kier alpha value is -1.74. The summed E-state index contributed by atoms with van der Waals surface area (Å²) in [5.74, 6) is -0.906. The Morgan fingerprint density at radius 1 is 1.05 bits per heavy atom. The first kappa shape index (κ1) is 15.6. The molecule has 2 atom stereocenters. The van der Waals surface area contributed by atoms with Crippen molar-refractivity contribution in [3.05, 3.63) is 70.8 Å². The quantitative estimate of drug-likeness (QED) is 0.839. The third kappa shape index (κ3) is 3.48. The van der Waals surface area contributed by atoms with Gasteiger partial charge in [-0.3, -0.25) is 0 Å². The molecule has 0 saturated carbocycles. The lowest BCUT2D eigenvalue weighted by atomic mass is 9.87. The number of rotatable bonds is 5. The average molecular weight is 289 g/mol. The predicted octanol–water partition coefficient (Wildman–Crippen LogP) is 4.73. The van der Waals surface area contributed by atoms with Crippen LogP contribution in [0.2, 0.25) is 0 Å². The molecular formula is C18H21F2N. The Bertz CT molecular complexity index is 596. The highest BCUT2D eigenvalue weighted by Crippen LogP contribution is 2.32. The summed E-state index contributed by atoms with van der Waals surface area (Å²) in [7, 11) is 0. The molecule has 2 rings (SSSR count). The SMILES string of the molecule is CCNC(c1cc(C)c(F)cc1F)C(C)c1ccccc1. The molecule has 2 unspecified atom stereocenters. The Labute approximate surface area is 125 Å². The fourth-order valence-corrected chi connectivity index (χ4v) is 2.64. The van der Waals surface area contributed by atoms with Crippen molar-refractivity contribution in [2.45, 2.75) is 32.7 Å². The number of aryl methyl sites for hydroxylation is 1. The zero-order valence-corrected chi connectivity index (χ0v) is 12.7. The van der Waals surface area contributed by atoms with Gasteiger partial charge in [0.05, 0.1) is 0 Å². The molecule has 2 aromatic rings. The molecule has 0 aliphatic rings. The van der Waals surface area contributed by atoms with Crippen LogP contribution in [0.1, 0.15) is 42.5 Å². The fourth-order valence-electron chi connectivity index (χ4n) is 2.64. The van der Waals surface area contributed by atoms with E-state index in [2.05, 4.69) is 12.2 Å². The minimum Gasteiger partial charge on any atom is -0.310 e. The van der Waals surface area contributed by atoms with E-state index in [0.29, 0.717) is 11.1 Å². The number of nitrogens with one attached hydrogen (secondary N) is 1. The molecule has 0 saturated heterocycles. The summed E-state index contributed by atoms with van der Waals surface area (Å²) >= 11 is 0. The number of halogens is 2. The maximum absolute atomic E-state index is 14.2. The van der Waals surface area contributed by atoms with E-state index in [4.69, 9.17) is 0 Å². The molecule has 0 bridgehead atoms. The van der Waals surface area contributed by atoms with Crippen LogP contribution in [0.3, 0.4) is 0 Å². The van der Waals surface area contributed by atoms with Crippen LogP contribution in [-0.2, 0) is 0 Å². The van der Waals surface area contributed by atoms with Gasteiger partial charge >= 0.3 is 0 Å². The largest absolute Gasteiger partial charge is 0.310 e. The lowest BCUT2D eigenvalue weighted by molar-refractivity contribution is 0.451. The molecule has 3 heteroatoms. The fraction of sp³-hybridized carbons (Fsp3) is 0.333. The topological polar surface area (TPSA) is 12.0 Å². The smallest absolute Gasteiger partial charge is 0.130 e. The molecule has 0 fully saturated rings. The molecule has 0 aromatic heterocycles. The van der Waals surface area contributed by atoms with E-state index in [1.807, 2.05) is 37.3 Å². The summed E-state index contributed by atoms with van der Waals surface area (Å²) in [6.07, 6.45) is 0. The third-order valence-corrected chi connectivity index (χ3v) is 3.86. The van der Waals surface area contributed by atoms with E-state index in [1.54, 1.807) is 13.0 Å². The molecule has 0 amide bonds. The van der Waals surface area contributed by atoms with Crippen LogP contribution in [0.4, 0.5) is 8.78 Å². The molecule has 0 radical (unpaired) electrons. The zero-order chi connectivity index (χ0) is 15.4. The first-order valence-electron chi connectivity index (χ1n) is 7.28. The normalized spacial score (nSPS) is 14.0. The van der Waals surface area contributed by atoms with Gasteiger partial charge in [-0.25, -0.2) is 8.78 Å². The second-order valence-electron chi connectivity index (χ2n) is 5.36. The van der Waals surface area contributed by atoms with Gasteiger partial charge in [-0.05, 0) is 30.7 Å². The van der Waals surface area contributed by atoms with Gasteiger partial charge in [0.15, 0.2) is 0 Å². The van der Waals surface area contributed by atoms with Crippen LogP contribution in [-0.4, -0.2) is 6.54 Å². The molecule has 1 nitrogen and oxygen atoms in total. The molecule has 21 heavy (non-hydrogen) atoms. The molecule has 1 N–H and O–H groups in total. The van der Waals surface area contributed by atoms with E-state index in [0.717, 1.165) is 18.2 Å². The van der Waals surface area contributed by atoms with Gasteiger partial charge in [-0.1, -0.05) is 44.2 Å². The molecule has 0 aliphatic heterocycles. The van der Waals surface area contributed by atoms with Crippen molar-refractivity contribution in [2.75, 3.05) is 6.54 Å². The van der Waals surface area contributed by atoms with Gasteiger partial charge in [-0.15, -0.1) is 0 Å². The first-order valence-corrected chi connectivity index (χ1v) is 7.28. The van der Waals surface area contributed by atoms with Gasteiger partial charge in [-0.2, -0.15) is 0 Å². The summed E-state index contributed by atoms with van der Waals surface area (Å²) in [6, 6.07) is 12.4. The van der Waals surface area contributed by atoms with E-state index < -0.39 is 11.6 Å². The average Bonchev–Trinajstić information content (AvgIpc) is 2.49. The van der Waals surface area contributed by atoms with Gasteiger partial charge in [0, 0.05) is 23.6 Å². The number of benzene rings is 2. The van der Waals surface area contributed by atoms with Crippen LogP contribution in [0.25, 0.3) is 0 Å². The second kappa shape index (κ2) is 6.81. The summed E-state index contributed by atoms with van der Waals surface area (Å²) < 4.78 is 27.7. The molecule has 0 spiro atoms. The maximum Gasteiger partial charge on any atom is 0.130 e. The maximum atomic E-state index is 14.2. The van der Waals surface area contributed by atoms with Crippen molar-refractivity contribution in [1.29, 1.82) is 0 Å². The summed E-state index contributed by atoms with van der Waals surface area (Å²) in [5, 5.41) is 3.32. The minimum atomic E-state index is -0.501. The van der Waals surface area contributed by atoms with Crippen molar-refractivity contribution >= 4 is 0 Å². The Morgan fingerprint density at radius 3 is 2.33 bits per heavy atom. The standard InChI is InChI=1S/C18H21F2N/c1-4-21-18(13(3)14-8-6-5-7-9-14)15-10-12(2)16(19)11-17(15)20/h5-11,13,18,21H,4H2,1-3H3. The van der Waals surface area contributed by atoms with Crippen LogP contribution < -0.4 is 5.32 Å². The minimum absolute atomic E-state index is 0.0884. The summed E-state index contributed by atoms with van der Waals surface area (Å²) in [4.78, 5) is 0. The monoisotopic (exact) mass is 289 g/mol. The number of likely N-dealkylation sites (N-methyl/N-ethyl adjacent to an activating group) is 1. The van der Waals surface area contributed by atoms with Crippen molar-refractivity contribution in [1.82, 2.24) is 5.32 Å². The van der Waals surface area contributed by atoms with Gasteiger partial charge in [0.1, 0.15) is 11.6 Å². The van der Waals surface area contributed by atoms with Crippen LogP contribution in [0, 0.1) is 18.6 Å². The van der Waals surface area contributed by atoms with E-state index in [1.165, 1.54) is 0 Å². The number of hydrogen-bond acceptors (Lipinski definition) is 1. The zero-order valence-electron chi connectivity index (χ0n) is 12.7. The molecular weight excluding hydrogens is 268 g/mol. The summed E-state index contributed by atoms with van der Waals surface area (Å²) in [6.45, 7) is 6.42. The Morgan fingerprint density at radius 2 is 1.71 bits per heavy atom. The first-order chi connectivity index (χ1) is 10.0. The van der Waals surface area contributed by atoms with Crippen molar-refractivity contribution in [3.63, 3.8) is 0 Å². The predicted molar refractivity (Wildman–Crippen MR) is 82.4 cm³/mol. The van der Waals surface area contributed by atoms with Crippen molar-refractivity contribution in [3.8, 4) is 0 Å².